The summed E-state index contributed by atoms with van der Waals surface area (Å²) in [5, 5.41) is 3.08. The molecule has 2 aliphatic rings. The molecule has 0 saturated heterocycles. The Balaban J connectivity index is 1.84. The predicted octanol–water partition coefficient (Wildman–Crippen LogP) is 2.22. The van der Waals surface area contributed by atoms with Crippen LogP contribution >= 0.6 is 0 Å². The van der Waals surface area contributed by atoms with Gasteiger partial charge in [-0.2, -0.15) is 0 Å². The Hall–Kier alpha value is -3.06. The van der Waals surface area contributed by atoms with Crippen LogP contribution in [0.15, 0.2) is 36.4 Å². The van der Waals surface area contributed by atoms with Crippen LogP contribution in [0, 0.1) is 0 Å². The first-order valence-corrected chi connectivity index (χ1v) is 10.5. The van der Waals surface area contributed by atoms with Gasteiger partial charge in [-0.25, -0.2) is 0 Å². The van der Waals surface area contributed by atoms with Gasteiger partial charge in [0, 0.05) is 25.2 Å². The fourth-order valence-corrected chi connectivity index (χ4v) is 4.64. The molecule has 0 fully saturated rings. The molecule has 0 spiro atoms. The number of rotatable bonds is 6. The lowest BCUT2D eigenvalue weighted by molar-refractivity contribution is -0.124. The van der Waals surface area contributed by atoms with Gasteiger partial charge >= 0.3 is 0 Å². The summed E-state index contributed by atoms with van der Waals surface area (Å²) in [5.74, 6) is 0.299. The van der Waals surface area contributed by atoms with Crippen molar-refractivity contribution in [1.82, 2.24) is 15.1 Å². The van der Waals surface area contributed by atoms with Crippen molar-refractivity contribution in [2.75, 3.05) is 47.9 Å². The molecule has 0 aromatic heterocycles. The number of methoxy groups -OCH3 is 2. The van der Waals surface area contributed by atoms with Crippen molar-refractivity contribution >= 4 is 11.8 Å². The van der Waals surface area contributed by atoms with Crippen LogP contribution in [0.3, 0.4) is 0 Å². The molecule has 2 heterocycles. The highest BCUT2D eigenvalue weighted by molar-refractivity contribution is 6.02. The van der Waals surface area contributed by atoms with Crippen molar-refractivity contribution in [3.8, 4) is 11.5 Å². The fraction of sp³-hybridized carbons (Fsp3) is 0.417. The van der Waals surface area contributed by atoms with Gasteiger partial charge in [-0.15, -0.1) is 0 Å². The second-order valence-electron chi connectivity index (χ2n) is 8.26. The van der Waals surface area contributed by atoms with Crippen molar-refractivity contribution in [2.45, 2.75) is 18.4 Å². The maximum absolute atomic E-state index is 13.5. The van der Waals surface area contributed by atoms with Gasteiger partial charge in [-0.1, -0.05) is 24.3 Å². The van der Waals surface area contributed by atoms with E-state index < -0.39 is 5.92 Å². The molecule has 0 aliphatic carbocycles. The Morgan fingerprint density at radius 3 is 2.55 bits per heavy atom. The minimum atomic E-state index is -0.531. The van der Waals surface area contributed by atoms with Gasteiger partial charge in [0.1, 0.15) is 0 Å². The van der Waals surface area contributed by atoms with Crippen LogP contribution in [-0.4, -0.2) is 69.6 Å². The van der Waals surface area contributed by atoms with Gasteiger partial charge in [-0.3, -0.25) is 9.59 Å². The molecule has 2 amide bonds. The number of fused-ring (bicyclic) bond motifs is 4. The zero-order valence-electron chi connectivity index (χ0n) is 18.5. The van der Waals surface area contributed by atoms with Crippen LogP contribution in [0.4, 0.5) is 0 Å². The van der Waals surface area contributed by atoms with Crippen molar-refractivity contribution in [3.63, 3.8) is 0 Å². The van der Waals surface area contributed by atoms with Crippen molar-refractivity contribution in [2.24, 2.45) is 0 Å². The maximum Gasteiger partial charge on any atom is 0.254 e. The smallest absolute Gasteiger partial charge is 0.254 e. The van der Waals surface area contributed by atoms with E-state index in [1.165, 1.54) is 5.56 Å². The number of carbonyl (C=O) groups is 2. The molecule has 2 aromatic rings. The van der Waals surface area contributed by atoms with Crippen LogP contribution in [0.5, 0.6) is 11.5 Å². The maximum atomic E-state index is 13.5. The molecule has 1 N–H and O–H groups in total. The van der Waals surface area contributed by atoms with Gasteiger partial charge in [0.25, 0.3) is 5.91 Å². The van der Waals surface area contributed by atoms with Crippen LogP contribution in [0.2, 0.25) is 0 Å². The molecular formula is C24H29N3O4. The summed E-state index contributed by atoms with van der Waals surface area (Å²) in [4.78, 5) is 30.9. The molecule has 4 rings (SSSR count). The zero-order valence-corrected chi connectivity index (χ0v) is 18.5. The average Bonchev–Trinajstić information content (AvgIpc) is 2.78. The fourth-order valence-electron chi connectivity index (χ4n) is 4.64. The largest absolute Gasteiger partial charge is 0.493 e. The highest BCUT2D eigenvalue weighted by Gasteiger charge is 2.46. The third kappa shape index (κ3) is 3.74. The van der Waals surface area contributed by atoms with Gasteiger partial charge in [0.15, 0.2) is 11.5 Å². The lowest BCUT2D eigenvalue weighted by atomic mass is 9.75. The lowest BCUT2D eigenvalue weighted by Gasteiger charge is -2.45. The number of hydrogen-bond acceptors (Lipinski definition) is 5. The Bertz CT molecular complexity index is 1000. The highest BCUT2D eigenvalue weighted by Crippen LogP contribution is 2.48. The zero-order chi connectivity index (χ0) is 22.1. The minimum absolute atomic E-state index is 0.0761. The number of nitrogens with zero attached hydrogens (tertiary/aromatic N) is 2. The van der Waals surface area contributed by atoms with E-state index in [0.29, 0.717) is 35.7 Å². The van der Waals surface area contributed by atoms with Crippen molar-refractivity contribution in [1.29, 1.82) is 0 Å². The first kappa shape index (κ1) is 21.2. The Morgan fingerprint density at radius 1 is 1.13 bits per heavy atom. The summed E-state index contributed by atoms with van der Waals surface area (Å²) < 4.78 is 10.9. The van der Waals surface area contributed by atoms with E-state index in [1.807, 2.05) is 42.1 Å². The molecule has 2 aliphatic heterocycles. The summed E-state index contributed by atoms with van der Waals surface area (Å²) in [5.41, 5.74) is 3.41. The van der Waals surface area contributed by atoms with E-state index in [0.717, 1.165) is 18.5 Å². The number of carbonyl (C=O) groups excluding carboxylic acids is 2. The average molecular weight is 424 g/mol. The van der Waals surface area contributed by atoms with E-state index in [9.17, 15) is 9.59 Å². The molecule has 0 saturated carbocycles. The number of benzene rings is 2. The quantitative estimate of drug-likeness (QED) is 0.772. The van der Waals surface area contributed by atoms with E-state index in [-0.39, 0.29) is 17.9 Å². The van der Waals surface area contributed by atoms with Crippen LogP contribution in [-0.2, 0) is 11.2 Å². The lowest BCUT2D eigenvalue weighted by Crippen LogP contribution is -2.50. The topological polar surface area (TPSA) is 71.1 Å². The third-order valence-electron chi connectivity index (χ3n) is 6.17. The second kappa shape index (κ2) is 8.59. The summed E-state index contributed by atoms with van der Waals surface area (Å²) in [6.45, 7) is 1.85. The van der Waals surface area contributed by atoms with Gasteiger partial charge in [0.2, 0.25) is 5.91 Å². The van der Waals surface area contributed by atoms with E-state index in [2.05, 4.69) is 11.4 Å². The number of ether oxygens (including phenoxy) is 2. The third-order valence-corrected chi connectivity index (χ3v) is 6.17. The number of hydrogen-bond donors (Lipinski definition) is 1. The summed E-state index contributed by atoms with van der Waals surface area (Å²) in [7, 11) is 7.04. The van der Waals surface area contributed by atoms with Gasteiger partial charge < -0.3 is 24.6 Å². The van der Waals surface area contributed by atoms with E-state index >= 15 is 0 Å². The highest BCUT2D eigenvalue weighted by atomic mass is 16.5. The van der Waals surface area contributed by atoms with Crippen LogP contribution < -0.4 is 14.8 Å². The van der Waals surface area contributed by atoms with E-state index in [1.54, 1.807) is 26.4 Å². The minimum Gasteiger partial charge on any atom is -0.493 e. The van der Waals surface area contributed by atoms with E-state index in [4.69, 9.17) is 9.47 Å². The summed E-state index contributed by atoms with van der Waals surface area (Å²) in [6.07, 6.45) is 0.774. The molecule has 2 aromatic carbocycles. The monoisotopic (exact) mass is 423 g/mol. The van der Waals surface area contributed by atoms with Crippen LogP contribution in [0.25, 0.3) is 0 Å². The number of nitrogens with one attached hydrogen (secondary N) is 1. The number of amides is 2. The Labute approximate surface area is 182 Å². The molecule has 0 unspecified atom stereocenters. The Kier molecular flexibility index (Phi) is 5.87. The molecule has 31 heavy (non-hydrogen) atoms. The normalized spacial score (nSPS) is 19.4. The first-order valence-electron chi connectivity index (χ1n) is 10.5. The first-order chi connectivity index (χ1) is 15.0. The summed E-state index contributed by atoms with van der Waals surface area (Å²) >= 11 is 0. The Morgan fingerprint density at radius 2 is 1.84 bits per heavy atom. The second-order valence-corrected chi connectivity index (χ2v) is 8.26. The van der Waals surface area contributed by atoms with Crippen LogP contribution in [0.1, 0.15) is 39.0 Å². The predicted molar refractivity (Wildman–Crippen MR) is 118 cm³/mol. The molecule has 0 bridgehead atoms. The standard InChI is InChI=1S/C24H29N3O4/c1-26(2)12-10-25-23(28)21-17-13-19(30-3)20(31-4)14-18(17)24(29)27-11-9-15-7-5-6-8-16(15)22(21)27/h5-8,13-14,21-22H,9-12H2,1-4H3,(H,25,28)/t21-,22-/m1/s1. The van der Waals surface area contributed by atoms with Crippen molar-refractivity contribution < 1.29 is 19.1 Å². The molecule has 7 nitrogen and oxygen atoms in total. The van der Waals surface area contributed by atoms with Gasteiger partial charge in [0.05, 0.1) is 26.2 Å². The molecule has 7 heteroatoms. The molecule has 164 valence electrons. The SMILES string of the molecule is COc1cc2c(cc1OC)[C@@H](C(=O)NCCN(C)C)[C@H]1c3ccccc3CCN1C2=O. The molecule has 2 atom stereocenters. The molecular weight excluding hydrogens is 394 g/mol. The number of likely N-dealkylation sites (N-methyl/N-ethyl adjacent to an activating group) is 1. The molecule has 0 radical (unpaired) electrons. The summed E-state index contributed by atoms with van der Waals surface area (Å²) in [6, 6.07) is 11.2. The van der Waals surface area contributed by atoms with Gasteiger partial charge in [-0.05, 0) is 49.3 Å². The van der Waals surface area contributed by atoms with Crippen molar-refractivity contribution in [3.05, 3.63) is 58.7 Å².